The number of aryl methyl sites for hydroxylation is 1. The van der Waals surface area contributed by atoms with Gasteiger partial charge < -0.3 is 15.2 Å². The maximum atomic E-state index is 12.8. The van der Waals surface area contributed by atoms with Crippen molar-refractivity contribution in [3.63, 3.8) is 0 Å². The van der Waals surface area contributed by atoms with Crippen LogP contribution in [0.1, 0.15) is 56.5 Å². The van der Waals surface area contributed by atoms with Gasteiger partial charge in [-0.05, 0) is 58.2 Å². The number of nitrogens with one attached hydrogen (secondary N) is 2. The summed E-state index contributed by atoms with van der Waals surface area (Å²) < 4.78 is 2.00. The summed E-state index contributed by atoms with van der Waals surface area (Å²) in [4.78, 5) is 17.2. The quantitative estimate of drug-likeness (QED) is 0.769. The Hall–Kier alpha value is -1.79. The molecule has 1 saturated heterocycles. The molecule has 1 fully saturated rings. The second-order valence-electron chi connectivity index (χ2n) is 8.78. The molecule has 0 spiro atoms. The highest BCUT2D eigenvalue weighted by atomic mass is 32.2. The highest BCUT2D eigenvalue weighted by molar-refractivity contribution is 7.98. The van der Waals surface area contributed by atoms with E-state index in [1.807, 2.05) is 36.0 Å². The zero-order valence-corrected chi connectivity index (χ0v) is 17.7. The Labute approximate surface area is 166 Å². The Morgan fingerprint density at radius 3 is 2.63 bits per heavy atom. The fourth-order valence-electron chi connectivity index (χ4n) is 4.13. The molecule has 2 heterocycles. The number of carbonyl (C=O) groups is 1. The molecular formula is C21H30N4OS. The number of thioether (sulfide) groups is 1. The molecule has 3 rings (SSSR count). The summed E-state index contributed by atoms with van der Waals surface area (Å²) in [7, 11) is 1.99. The molecule has 0 atom stereocenters. The summed E-state index contributed by atoms with van der Waals surface area (Å²) in [5.41, 5.74) is 1.88. The molecule has 6 heteroatoms. The molecule has 1 aromatic heterocycles. The van der Waals surface area contributed by atoms with E-state index in [4.69, 9.17) is 0 Å². The van der Waals surface area contributed by atoms with Crippen molar-refractivity contribution >= 4 is 17.7 Å². The first-order valence-electron chi connectivity index (χ1n) is 9.43. The fraction of sp³-hybridized carbons (Fsp3) is 0.524. The lowest BCUT2D eigenvalue weighted by Gasteiger charge is -2.46. The molecular weight excluding hydrogens is 356 g/mol. The minimum absolute atomic E-state index is 0.0114. The zero-order valence-electron chi connectivity index (χ0n) is 16.9. The van der Waals surface area contributed by atoms with E-state index in [9.17, 15) is 4.79 Å². The van der Waals surface area contributed by atoms with E-state index in [2.05, 4.69) is 49.4 Å². The van der Waals surface area contributed by atoms with Crippen LogP contribution < -0.4 is 10.6 Å². The summed E-state index contributed by atoms with van der Waals surface area (Å²) in [6, 6.07) is 8.07. The molecule has 0 saturated carbocycles. The van der Waals surface area contributed by atoms with Gasteiger partial charge >= 0.3 is 0 Å². The molecule has 146 valence electrons. The molecule has 1 aliphatic rings. The van der Waals surface area contributed by atoms with Crippen molar-refractivity contribution in [3.05, 3.63) is 47.8 Å². The Morgan fingerprint density at radius 1 is 1.30 bits per heavy atom. The zero-order chi connectivity index (χ0) is 19.7. The van der Waals surface area contributed by atoms with Crippen molar-refractivity contribution in [2.24, 2.45) is 7.05 Å². The van der Waals surface area contributed by atoms with Gasteiger partial charge in [-0.15, -0.1) is 0 Å². The smallest absolute Gasteiger partial charge is 0.251 e. The monoisotopic (exact) mass is 386 g/mol. The van der Waals surface area contributed by atoms with Crippen LogP contribution in [0.5, 0.6) is 0 Å². The maximum absolute atomic E-state index is 12.8. The van der Waals surface area contributed by atoms with Gasteiger partial charge in [-0.2, -0.15) is 0 Å². The summed E-state index contributed by atoms with van der Waals surface area (Å²) in [6.45, 7) is 8.79. The van der Waals surface area contributed by atoms with Gasteiger partial charge in [-0.1, -0.05) is 23.9 Å². The highest BCUT2D eigenvalue weighted by Crippen LogP contribution is 2.29. The maximum Gasteiger partial charge on any atom is 0.251 e. The number of amides is 1. The van der Waals surface area contributed by atoms with E-state index >= 15 is 0 Å². The summed E-state index contributed by atoms with van der Waals surface area (Å²) in [6.07, 6.45) is 5.59. The van der Waals surface area contributed by atoms with Gasteiger partial charge in [0.1, 0.15) is 0 Å². The average Bonchev–Trinajstić information content (AvgIpc) is 2.95. The van der Waals surface area contributed by atoms with Crippen LogP contribution in [0, 0.1) is 0 Å². The number of rotatable bonds is 5. The lowest BCUT2D eigenvalue weighted by atomic mass is 9.79. The van der Waals surface area contributed by atoms with E-state index in [1.54, 1.807) is 18.0 Å². The number of imidazole rings is 1. The van der Waals surface area contributed by atoms with Crippen LogP contribution in [-0.2, 0) is 12.8 Å². The average molecular weight is 387 g/mol. The minimum atomic E-state index is 0.0114. The number of hydrogen-bond acceptors (Lipinski definition) is 4. The van der Waals surface area contributed by atoms with E-state index in [0.717, 1.165) is 34.9 Å². The van der Waals surface area contributed by atoms with E-state index < -0.39 is 0 Å². The Morgan fingerprint density at radius 2 is 2.00 bits per heavy atom. The van der Waals surface area contributed by atoms with Crippen molar-refractivity contribution in [2.75, 3.05) is 0 Å². The molecule has 1 aromatic carbocycles. The van der Waals surface area contributed by atoms with Crippen LogP contribution in [-0.4, -0.2) is 32.6 Å². The minimum Gasteiger partial charge on any atom is -0.349 e. The first kappa shape index (κ1) is 20.0. The van der Waals surface area contributed by atoms with Gasteiger partial charge in [-0.25, -0.2) is 4.98 Å². The predicted octanol–water partition coefficient (Wildman–Crippen LogP) is 3.75. The van der Waals surface area contributed by atoms with Gasteiger partial charge in [-0.3, -0.25) is 4.79 Å². The number of piperidine rings is 1. The van der Waals surface area contributed by atoms with Gasteiger partial charge in [0.05, 0.1) is 0 Å². The lowest BCUT2D eigenvalue weighted by Crippen LogP contribution is -2.62. The normalized spacial score (nSPS) is 19.0. The topological polar surface area (TPSA) is 59.0 Å². The van der Waals surface area contributed by atoms with Crippen LogP contribution in [0.15, 0.2) is 41.8 Å². The Bertz CT molecular complexity index is 796. The van der Waals surface area contributed by atoms with Gasteiger partial charge in [0.15, 0.2) is 5.16 Å². The Kier molecular flexibility index (Phi) is 5.68. The highest BCUT2D eigenvalue weighted by Gasteiger charge is 2.38. The fourth-order valence-corrected chi connectivity index (χ4v) is 5.01. The van der Waals surface area contributed by atoms with Crippen LogP contribution in [0.4, 0.5) is 0 Å². The molecule has 27 heavy (non-hydrogen) atoms. The molecule has 5 nitrogen and oxygen atoms in total. The van der Waals surface area contributed by atoms with Crippen molar-refractivity contribution in [2.45, 2.75) is 68.6 Å². The van der Waals surface area contributed by atoms with Crippen molar-refractivity contribution in [1.82, 2.24) is 20.2 Å². The molecule has 2 N–H and O–H groups in total. The van der Waals surface area contributed by atoms with Gasteiger partial charge in [0.2, 0.25) is 0 Å². The number of benzene rings is 1. The third kappa shape index (κ3) is 5.36. The molecule has 1 aliphatic heterocycles. The summed E-state index contributed by atoms with van der Waals surface area (Å²) in [5.74, 6) is 0.802. The van der Waals surface area contributed by atoms with Crippen LogP contribution in [0.2, 0.25) is 0 Å². The molecule has 0 unspecified atom stereocenters. The van der Waals surface area contributed by atoms with E-state index in [-0.39, 0.29) is 23.0 Å². The molecule has 0 aliphatic carbocycles. The molecule has 2 aromatic rings. The predicted molar refractivity (Wildman–Crippen MR) is 111 cm³/mol. The summed E-state index contributed by atoms with van der Waals surface area (Å²) in [5, 5.41) is 7.88. The SMILES string of the molecule is Cn1ccnc1SCc1cccc(C(=O)NC2CC(C)(C)NC(C)(C)C2)c1. The molecule has 0 bridgehead atoms. The van der Waals surface area contributed by atoms with Gasteiger partial charge in [0, 0.05) is 47.9 Å². The van der Waals surface area contributed by atoms with Crippen molar-refractivity contribution < 1.29 is 4.79 Å². The molecule has 1 amide bonds. The van der Waals surface area contributed by atoms with Gasteiger partial charge in [0.25, 0.3) is 5.91 Å². The second kappa shape index (κ2) is 7.68. The number of nitrogens with zero attached hydrogens (tertiary/aromatic N) is 2. The van der Waals surface area contributed by atoms with Crippen LogP contribution in [0.3, 0.4) is 0 Å². The summed E-state index contributed by atoms with van der Waals surface area (Å²) >= 11 is 1.67. The van der Waals surface area contributed by atoms with Crippen molar-refractivity contribution in [1.29, 1.82) is 0 Å². The lowest BCUT2D eigenvalue weighted by molar-refractivity contribution is 0.0873. The first-order chi connectivity index (χ1) is 12.6. The largest absolute Gasteiger partial charge is 0.349 e. The third-order valence-electron chi connectivity index (χ3n) is 4.86. The second-order valence-corrected chi connectivity index (χ2v) is 9.72. The first-order valence-corrected chi connectivity index (χ1v) is 10.4. The number of carbonyl (C=O) groups excluding carboxylic acids is 1. The van der Waals surface area contributed by atoms with Crippen LogP contribution in [0.25, 0.3) is 0 Å². The van der Waals surface area contributed by atoms with E-state index in [1.165, 1.54) is 0 Å². The van der Waals surface area contributed by atoms with Crippen LogP contribution >= 0.6 is 11.8 Å². The van der Waals surface area contributed by atoms with Crippen molar-refractivity contribution in [3.8, 4) is 0 Å². The molecule has 0 radical (unpaired) electrons. The Balaban J connectivity index is 1.64. The number of hydrogen-bond donors (Lipinski definition) is 2. The third-order valence-corrected chi connectivity index (χ3v) is 5.99. The van der Waals surface area contributed by atoms with E-state index in [0.29, 0.717) is 0 Å². The number of aromatic nitrogens is 2. The standard InChI is InChI=1S/C21H30N4OS/c1-20(2)12-17(13-21(3,4)24-20)23-18(26)16-8-6-7-15(11-16)14-27-19-22-9-10-25(19)5/h6-11,17,24H,12-14H2,1-5H3,(H,23,26).